The number of hydrogen-bond donors (Lipinski definition) is 4. The topological polar surface area (TPSA) is 227 Å². The van der Waals surface area contributed by atoms with E-state index in [0.717, 1.165) is 12.1 Å². The maximum absolute atomic E-state index is 10.8. The highest BCUT2D eigenvalue weighted by Gasteiger charge is 2.20. The van der Waals surface area contributed by atoms with Crippen LogP contribution in [0.25, 0.3) is 21.1 Å². The van der Waals surface area contributed by atoms with Gasteiger partial charge in [0.2, 0.25) is 11.2 Å². The molecular weight excluding hydrogens is 552 g/mol. The fourth-order valence-corrected chi connectivity index (χ4v) is 3.18. The van der Waals surface area contributed by atoms with Crippen LogP contribution in [0.4, 0.5) is 0 Å². The van der Waals surface area contributed by atoms with E-state index in [1.807, 2.05) is 0 Å². The van der Waals surface area contributed by atoms with Gasteiger partial charge >= 0.3 is 10.4 Å². The minimum atomic E-state index is -4.77. The lowest BCUT2D eigenvalue weighted by Gasteiger charge is -2.22. The van der Waals surface area contributed by atoms with Crippen LogP contribution in [0, 0.1) is 35.8 Å². The SMILES string of the molecule is [C-]#[N+]/C(C#N)=c1/cc(OCC(COS(=O)(=O)O)OC)/c(=C(\C#N)[N+]#[C-])cc1OCC(COS(O)(O)O)OC. The predicted octanol–water partition coefficient (Wildman–Crippen LogP) is 0.551. The van der Waals surface area contributed by atoms with Crippen molar-refractivity contribution in [3.63, 3.8) is 0 Å². The first-order chi connectivity index (χ1) is 17.8. The highest BCUT2D eigenvalue weighted by Crippen LogP contribution is 2.33. The fourth-order valence-electron chi connectivity index (χ4n) is 2.52. The summed E-state index contributed by atoms with van der Waals surface area (Å²) in [6.45, 7) is 12.6. The lowest BCUT2D eigenvalue weighted by molar-refractivity contribution is 0.0164. The molecule has 0 aliphatic heterocycles. The van der Waals surface area contributed by atoms with Crippen LogP contribution in [0.1, 0.15) is 0 Å². The van der Waals surface area contributed by atoms with Gasteiger partial charge in [0, 0.05) is 24.7 Å². The van der Waals surface area contributed by atoms with Crippen molar-refractivity contribution in [2.24, 2.45) is 0 Å². The lowest BCUT2D eigenvalue weighted by Crippen LogP contribution is -2.30. The average molecular weight is 575 g/mol. The molecule has 0 aliphatic rings. The van der Waals surface area contributed by atoms with Crippen LogP contribution in [0.3, 0.4) is 0 Å². The zero-order chi connectivity index (χ0) is 28.9. The van der Waals surface area contributed by atoms with Gasteiger partial charge in [-0.1, -0.05) is 0 Å². The van der Waals surface area contributed by atoms with Crippen LogP contribution in [0.5, 0.6) is 11.5 Å². The average Bonchev–Trinajstić information content (AvgIpc) is 2.85. The standard InChI is InChI=1S/C20H22N4O12S2/c1-23-17(7-21)15-5-20(34-10-14(32-4)12-36-38(28,29)30)16(18(8-22)24-2)6-19(15)33-9-13(31-3)11-35-37(25,26)27/h5-6,13-14,25-27H,9-12H2,3-4H3,(H,28,29,30)/b17-15-,18-16+. The van der Waals surface area contributed by atoms with Crippen molar-refractivity contribution < 1.29 is 53.9 Å². The highest BCUT2D eigenvalue weighted by molar-refractivity contribution is 8.15. The molecule has 16 nitrogen and oxygen atoms in total. The second-order valence-corrected chi connectivity index (χ2v) is 9.06. The second-order valence-electron chi connectivity index (χ2n) is 6.79. The minimum absolute atomic E-state index is 0.117. The van der Waals surface area contributed by atoms with Gasteiger partial charge in [-0.15, -0.1) is 0 Å². The molecule has 1 rings (SSSR count). The third-order valence-corrected chi connectivity index (χ3v) is 5.24. The smallest absolute Gasteiger partial charge is 0.397 e. The van der Waals surface area contributed by atoms with Gasteiger partial charge in [0.1, 0.15) is 36.9 Å². The molecule has 0 aromatic heterocycles. The molecule has 0 radical (unpaired) electrons. The van der Waals surface area contributed by atoms with Crippen LogP contribution in [0.15, 0.2) is 12.1 Å². The monoisotopic (exact) mass is 574 g/mol. The summed E-state index contributed by atoms with van der Waals surface area (Å²) in [7, 11) is -2.34. The number of methoxy groups -OCH3 is 2. The van der Waals surface area contributed by atoms with E-state index in [0.29, 0.717) is 0 Å². The number of nitriles is 2. The van der Waals surface area contributed by atoms with Crippen molar-refractivity contribution in [2.45, 2.75) is 12.2 Å². The summed E-state index contributed by atoms with van der Waals surface area (Å²) in [5.41, 5.74) is -0.938. The Labute approximate surface area is 219 Å². The summed E-state index contributed by atoms with van der Waals surface area (Å²) in [6, 6.07) is 5.64. The Bertz CT molecular complexity index is 1350. The summed E-state index contributed by atoms with van der Waals surface area (Å²) in [5.74, 6) is -0.335. The summed E-state index contributed by atoms with van der Waals surface area (Å²) in [4.78, 5) is 6.25. The number of nitrogens with zero attached hydrogens (tertiary/aromatic N) is 4. The van der Waals surface area contributed by atoms with Crippen LogP contribution in [0.2, 0.25) is 0 Å². The quantitative estimate of drug-likeness (QED) is 0.176. The van der Waals surface area contributed by atoms with Gasteiger partial charge in [0.25, 0.3) is 11.4 Å². The van der Waals surface area contributed by atoms with E-state index < -0.39 is 65.0 Å². The molecule has 0 spiro atoms. The van der Waals surface area contributed by atoms with E-state index in [2.05, 4.69) is 18.1 Å². The molecule has 0 saturated carbocycles. The van der Waals surface area contributed by atoms with Crippen LogP contribution in [-0.4, -0.2) is 79.5 Å². The highest BCUT2D eigenvalue weighted by atomic mass is 32.3. The van der Waals surface area contributed by atoms with Crippen LogP contribution in [-0.2, 0) is 28.2 Å². The van der Waals surface area contributed by atoms with Crippen LogP contribution >= 0.6 is 11.2 Å². The number of hydrogen-bond acceptors (Lipinski definition) is 13. The second kappa shape index (κ2) is 15.0. The van der Waals surface area contributed by atoms with Crippen molar-refractivity contribution >= 4 is 32.9 Å². The molecule has 2 atom stereocenters. The molecule has 18 heteroatoms. The largest absolute Gasteiger partial charge is 0.492 e. The molecule has 0 heterocycles. The maximum atomic E-state index is 10.8. The zero-order valence-electron chi connectivity index (χ0n) is 19.8. The Morgan fingerprint density at radius 3 is 1.53 bits per heavy atom. The van der Waals surface area contributed by atoms with Gasteiger partial charge in [-0.05, 0) is 12.1 Å². The van der Waals surface area contributed by atoms with Crippen molar-refractivity contribution in [1.82, 2.24) is 0 Å². The van der Waals surface area contributed by atoms with Crippen LogP contribution < -0.4 is 19.9 Å². The fraction of sp³-hybridized carbons (Fsp3) is 0.400. The molecule has 0 amide bonds. The Morgan fingerprint density at radius 1 is 0.842 bits per heavy atom. The molecule has 2 unspecified atom stereocenters. The van der Waals surface area contributed by atoms with Gasteiger partial charge in [-0.3, -0.25) is 22.4 Å². The van der Waals surface area contributed by atoms with Crippen molar-refractivity contribution in [3.8, 4) is 23.6 Å². The molecule has 38 heavy (non-hydrogen) atoms. The summed E-state index contributed by atoms with van der Waals surface area (Å²) in [5, 5.41) is 18.6. The third kappa shape index (κ3) is 10.9. The Balaban J connectivity index is 3.56. The normalized spacial score (nSPS) is 15.0. The molecule has 1 aromatic carbocycles. The van der Waals surface area contributed by atoms with E-state index in [-0.39, 0.29) is 28.5 Å². The Hall–Kier alpha value is -3.50. The third-order valence-electron chi connectivity index (χ3n) is 4.36. The Morgan fingerprint density at radius 2 is 1.24 bits per heavy atom. The summed E-state index contributed by atoms with van der Waals surface area (Å²) < 4.78 is 87.3. The number of ether oxygens (including phenoxy) is 4. The van der Waals surface area contributed by atoms with E-state index in [1.54, 1.807) is 12.1 Å². The molecule has 0 fully saturated rings. The summed E-state index contributed by atoms with van der Waals surface area (Å²) in [6.07, 6.45) is -2.03. The van der Waals surface area contributed by atoms with Gasteiger partial charge in [-0.25, -0.2) is 24.4 Å². The van der Waals surface area contributed by atoms with Gasteiger partial charge in [0.15, 0.2) is 0 Å². The molecule has 0 aliphatic carbocycles. The van der Waals surface area contributed by atoms with E-state index in [4.69, 9.17) is 50.3 Å². The lowest BCUT2D eigenvalue weighted by atomic mass is 10.1. The number of rotatable bonds is 14. The molecule has 0 bridgehead atoms. The first-order valence-corrected chi connectivity index (χ1v) is 12.7. The van der Waals surface area contributed by atoms with Gasteiger partial charge in [-0.2, -0.15) is 8.42 Å². The van der Waals surface area contributed by atoms with Crippen molar-refractivity contribution in [1.29, 1.82) is 10.5 Å². The molecule has 0 saturated heterocycles. The van der Waals surface area contributed by atoms with Crippen molar-refractivity contribution in [3.05, 3.63) is 45.4 Å². The summed E-state index contributed by atoms with van der Waals surface area (Å²) >= 11 is -4.28. The van der Waals surface area contributed by atoms with E-state index in [9.17, 15) is 18.9 Å². The Kier molecular flexibility index (Phi) is 12.9. The van der Waals surface area contributed by atoms with E-state index >= 15 is 0 Å². The number of benzene rings is 1. The maximum Gasteiger partial charge on any atom is 0.397 e. The zero-order valence-corrected chi connectivity index (χ0v) is 21.4. The first-order valence-electron chi connectivity index (χ1n) is 9.88. The molecular formula is C20H22N4O12S2. The van der Waals surface area contributed by atoms with Gasteiger partial charge in [0.05, 0.1) is 38.5 Å². The van der Waals surface area contributed by atoms with E-state index in [1.165, 1.54) is 14.2 Å². The molecule has 1 aromatic rings. The minimum Gasteiger partial charge on any atom is -0.492 e. The first kappa shape index (κ1) is 32.5. The van der Waals surface area contributed by atoms with Crippen molar-refractivity contribution in [2.75, 3.05) is 40.6 Å². The van der Waals surface area contributed by atoms with Gasteiger partial charge < -0.3 is 18.9 Å². The molecule has 206 valence electrons. The predicted molar refractivity (Wildman–Crippen MR) is 128 cm³/mol. The molecule has 4 N–H and O–H groups in total.